The van der Waals surface area contributed by atoms with Crippen molar-refractivity contribution in [3.8, 4) is 0 Å². The van der Waals surface area contributed by atoms with E-state index in [-0.39, 0.29) is 18.1 Å². The molecule has 2 heterocycles. The highest BCUT2D eigenvalue weighted by Crippen LogP contribution is 2.29. The second-order valence-corrected chi connectivity index (χ2v) is 7.53. The summed E-state index contributed by atoms with van der Waals surface area (Å²) in [6, 6.07) is 2.94. The first-order chi connectivity index (χ1) is 11.0. The van der Waals surface area contributed by atoms with Crippen molar-refractivity contribution in [3.63, 3.8) is 0 Å². The van der Waals surface area contributed by atoms with Gasteiger partial charge in [-0.15, -0.1) is 11.3 Å². The number of hydrogen-bond acceptors (Lipinski definition) is 6. The molecule has 3 unspecified atom stereocenters. The highest BCUT2D eigenvalue weighted by Gasteiger charge is 2.51. The fourth-order valence-electron chi connectivity index (χ4n) is 2.79. The maximum absolute atomic E-state index is 12.6. The molecule has 1 aliphatic heterocycles. The lowest BCUT2D eigenvalue weighted by atomic mass is 9.94. The molecule has 23 heavy (non-hydrogen) atoms. The summed E-state index contributed by atoms with van der Waals surface area (Å²) in [4.78, 5) is 39.7. The molecule has 1 saturated heterocycles. The zero-order valence-electron chi connectivity index (χ0n) is 13.2. The minimum absolute atomic E-state index is 0.112. The molecule has 126 valence electrons. The molecule has 0 spiro atoms. The topological polar surface area (TPSA) is 74.7 Å². The summed E-state index contributed by atoms with van der Waals surface area (Å²) in [5.41, 5.74) is 0. The van der Waals surface area contributed by atoms with Crippen molar-refractivity contribution in [3.05, 3.63) is 22.4 Å². The lowest BCUT2D eigenvalue weighted by Gasteiger charge is -2.21. The summed E-state index contributed by atoms with van der Waals surface area (Å²) in [6.45, 7) is 1.72. The third-order valence-corrected chi connectivity index (χ3v) is 5.54. The van der Waals surface area contributed by atoms with Crippen molar-refractivity contribution in [2.24, 2.45) is 5.92 Å². The second-order valence-electron chi connectivity index (χ2n) is 5.51. The van der Waals surface area contributed by atoms with Gasteiger partial charge in [-0.1, -0.05) is 13.0 Å². The molecule has 0 radical (unpaired) electrons. The van der Waals surface area contributed by atoms with Gasteiger partial charge in [0.1, 0.15) is 5.92 Å². The van der Waals surface area contributed by atoms with Gasteiger partial charge in [-0.3, -0.25) is 19.3 Å². The average molecular weight is 355 g/mol. The predicted octanol–water partition coefficient (Wildman–Crippen LogP) is 1.74. The number of aliphatic hydroxyl groups excluding tert-OH is 1. The van der Waals surface area contributed by atoms with E-state index in [0.717, 1.165) is 9.78 Å². The molecular weight excluding hydrogens is 334 g/mol. The summed E-state index contributed by atoms with van der Waals surface area (Å²) in [5.74, 6) is -1.64. The Morgan fingerprint density at radius 2 is 2.22 bits per heavy atom. The quantitative estimate of drug-likeness (QED) is 0.754. The highest BCUT2D eigenvalue weighted by atomic mass is 32.2. The average Bonchev–Trinajstić information content (AvgIpc) is 3.11. The van der Waals surface area contributed by atoms with Gasteiger partial charge in [0.05, 0.1) is 18.6 Å². The van der Waals surface area contributed by atoms with Crippen LogP contribution in [0.4, 0.5) is 0 Å². The van der Waals surface area contributed by atoms with Gasteiger partial charge in [-0.2, -0.15) is 11.8 Å². The smallest absolute Gasteiger partial charge is 0.243 e. The SMILES string of the molecule is CCC(O)C1C(=O)C(CCSC)N(C(=O)Cc2cccs2)C1=O. The summed E-state index contributed by atoms with van der Waals surface area (Å²) in [5, 5.41) is 11.9. The Bertz CT molecular complexity index is 573. The van der Waals surface area contributed by atoms with Crippen LogP contribution < -0.4 is 0 Å². The molecule has 2 rings (SSSR count). The van der Waals surface area contributed by atoms with Crippen LogP contribution in [0.2, 0.25) is 0 Å². The molecule has 0 bridgehead atoms. The molecule has 3 atom stereocenters. The first-order valence-corrected chi connectivity index (χ1v) is 9.87. The number of carbonyl (C=O) groups excluding carboxylic acids is 3. The van der Waals surface area contributed by atoms with Crippen LogP contribution in [-0.4, -0.2) is 51.8 Å². The highest BCUT2D eigenvalue weighted by molar-refractivity contribution is 7.98. The number of ketones is 1. The number of Topliss-reactive ketones (excluding diaryl/α,β-unsaturated/α-hetero) is 1. The van der Waals surface area contributed by atoms with Crippen molar-refractivity contribution in [1.29, 1.82) is 0 Å². The van der Waals surface area contributed by atoms with Gasteiger partial charge >= 0.3 is 0 Å². The van der Waals surface area contributed by atoms with E-state index in [1.165, 1.54) is 11.3 Å². The first kappa shape index (κ1) is 18.2. The molecule has 0 aromatic carbocycles. The number of hydrogen-bond donors (Lipinski definition) is 1. The maximum Gasteiger partial charge on any atom is 0.243 e. The summed E-state index contributed by atoms with van der Waals surface area (Å²) in [7, 11) is 0. The molecule has 1 aromatic rings. The van der Waals surface area contributed by atoms with E-state index in [4.69, 9.17) is 0 Å². The van der Waals surface area contributed by atoms with Crippen LogP contribution in [0.25, 0.3) is 0 Å². The van der Waals surface area contributed by atoms with Gasteiger partial charge < -0.3 is 5.11 Å². The van der Waals surface area contributed by atoms with Crippen molar-refractivity contribution >= 4 is 40.7 Å². The summed E-state index contributed by atoms with van der Waals surface area (Å²) in [6.07, 6.45) is 1.75. The van der Waals surface area contributed by atoms with Gasteiger partial charge in [0.25, 0.3) is 0 Å². The largest absolute Gasteiger partial charge is 0.392 e. The standard InChI is InChI=1S/C16H21NO4S2/c1-3-12(18)14-15(20)11(6-8-22-2)17(16(14)21)13(19)9-10-5-4-7-23-10/h4-5,7,11-12,14,18H,3,6,8-9H2,1-2H3. The number of thioether (sulfide) groups is 1. The Morgan fingerprint density at radius 3 is 2.78 bits per heavy atom. The van der Waals surface area contributed by atoms with Gasteiger partial charge in [0, 0.05) is 4.88 Å². The van der Waals surface area contributed by atoms with Crippen LogP contribution in [0.15, 0.2) is 17.5 Å². The molecular formula is C16H21NO4S2. The number of likely N-dealkylation sites (tertiary alicyclic amines) is 1. The normalized spacial score (nSPS) is 22.7. The Morgan fingerprint density at radius 1 is 1.48 bits per heavy atom. The zero-order chi connectivity index (χ0) is 17.0. The van der Waals surface area contributed by atoms with E-state index in [0.29, 0.717) is 18.6 Å². The van der Waals surface area contributed by atoms with Crippen molar-refractivity contribution in [2.75, 3.05) is 12.0 Å². The van der Waals surface area contributed by atoms with Crippen LogP contribution in [0, 0.1) is 5.92 Å². The number of carbonyl (C=O) groups is 3. The maximum atomic E-state index is 12.6. The molecule has 7 heteroatoms. The van der Waals surface area contributed by atoms with Crippen LogP contribution in [0.3, 0.4) is 0 Å². The number of thiophene rings is 1. The monoisotopic (exact) mass is 355 g/mol. The van der Waals surface area contributed by atoms with Gasteiger partial charge in [-0.05, 0) is 36.3 Å². The molecule has 0 aliphatic carbocycles. The lowest BCUT2D eigenvalue weighted by molar-refractivity contribution is -0.146. The summed E-state index contributed by atoms with van der Waals surface area (Å²) >= 11 is 3.01. The van der Waals surface area contributed by atoms with Gasteiger partial charge in [0.15, 0.2) is 5.78 Å². The zero-order valence-corrected chi connectivity index (χ0v) is 14.9. The van der Waals surface area contributed by atoms with E-state index in [9.17, 15) is 19.5 Å². The van der Waals surface area contributed by atoms with Crippen LogP contribution in [0.1, 0.15) is 24.6 Å². The van der Waals surface area contributed by atoms with Gasteiger partial charge in [0.2, 0.25) is 11.8 Å². The van der Waals surface area contributed by atoms with Crippen molar-refractivity contribution in [2.45, 2.75) is 38.3 Å². The molecule has 0 saturated carbocycles. The fourth-order valence-corrected chi connectivity index (χ4v) is 3.95. The van der Waals surface area contributed by atoms with E-state index >= 15 is 0 Å². The minimum atomic E-state index is -1.10. The van der Waals surface area contributed by atoms with Crippen LogP contribution >= 0.6 is 23.1 Å². The second kappa shape index (κ2) is 8.08. The van der Waals surface area contributed by atoms with E-state index in [2.05, 4.69) is 0 Å². The first-order valence-electron chi connectivity index (χ1n) is 7.60. The fraction of sp³-hybridized carbons (Fsp3) is 0.562. The third-order valence-electron chi connectivity index (χ3n) is 4.02. The molecule has 5 nitrogen and oxygen atoms in total. The van der Waals surface area contributed by atoms with E-state index in [1.54, 1.807) is 18.7 Å². The molecule has 1 aromatic heterocycles. The Balaban J connectivity index is 2.23. The lowest BCUT2D eigenvalue weighted by Crippen LogP contribution is -2.42. The Hall–Kier alpha value is -1.18. The van der Waals surface area contributed by atoms with Crippen molar-refractivity contribution in [1.82, 2.24) is 4.90 Å². The number of aliphatic hydroxyl groups is 1. The summed E-state index contributed by atoms with van der Waals surface area (Å²) < 4.78 is 0. The van der Waals surface area contributed by atoms with Crippen LogP contribution in [-0.2, 0) is 20.8 Å². The Labute approximate surface area is 144 Å². The van der Waals surface area contributed by atoms with Crippen LogP contribution in [0.5, 0.6) is 0 Å². The molecule has 2 amide bonds. The predicted molar refractivity (Wildman–Crippen MR) is 91.5 cm³/mol. The molecule has 1 N–H and O–H groups in total. The molecule has 1 fully saturated rings. The third kappa shape index (κ3) is 3.84. The molecule has 1 aliphatic rings. The number of amides is 2. The Kier molecular flexibility index (Phi) is 6.38. The van der Waals surface area contributed by atoms with E-state index in [1.807, 2.05) is 23.8 Å². The number of imide groups is 1. The van der Waals surface area contributed by atoms with E-state index < -0.39 is 24.0 Å². The van der Waals surface area contributed by atoms with Gasteiger partial charge in [-0.25, -0.2) is 0 Å². The van der Waals surface area contributed by atoms with Crippen molar-refractivity contribution < 1.29 is 19.5 Å². The minimum Gasteiger partial charge on any atom is -0.392 e. The number of rotatable bonds is 7. The number of nitrogens with zero attached hydrogens (tertiary/aromatic N) is 1.